The minimum atomic E-state index is -4.77. The molecule has 2 heterocycles. The van der Waals surface area contributed by atoms with Gasteiger partial charge in [0.2, 0.25) is 11.2 Å². The summed E-state index contributed by atoms with van der Waals surface area (Å²) in [5.74, 6) is -0.561. The average Bonchev–Trinajstić information content (AvgIpc) is 2.60. The molecule has 98 valence electrons. The lowest BCUT2D eigenvalue weighted by Gasteiger charge is -2.16. The van der Waals surface area contributed by atoms with Crippen LogP contribution < -0.4 is 4.90 Å². The number of aromatic nitrogens is 2. The minimum absolute atomic E-state index is 0.0970. The second-order valence-corrected chi connectivity index (χ2v) is 5.94. The molecule has 1 aromatic rings. The van der Waals surface area contributed by atoms with E-state index in [1.807, 2.05) is 0 Å². The van der Waals surface area contributed by atoms with E-state index >= 15 is 0 Å². The fourth-order valence-electron chi connectivity index (χ4n) is 1.61. The van der Waals surface area contributed by atoms with Crippen molar-refractivity contribution in [2.75, 3.05) is 11.4 Å². The molecule has 0 saturated carbocycles. The predicted molar refractivity (Wildman–Crippen MR) is 62.8 cm³/mol. The summed E-state index contributed by atoms with van der Waals surface area (Å²) >= 11 is 11.3. The molecule has 1 aliphatic heterocycles. The molecular formula is C8H6Cl2FN3O3S. The van der Waals surface area contributed by atoms with Crippen molar-refractivity contribution in [1.82, 2.24) is 9.97 Å². The highest BCUT2D eigenvalue weighted by molar-refractivity contribution is 7.87. The van der Waals surface area contributed by atoms with E-state index in [4.69, 9.17) is 23.2 Å². The molecule has 6 nitrogen and oxygen atoms in total. The quantitative estimate of drug-likeness (QED) is 0.465. The Hall–Kier alpha value is -0.990. The van der Waals surface area contributed by atoms with Crippen molar-refractivity contribution in [3.63, 3.8) is 0 Å². The summed E-state index contributed by atoms with van der Waals surface area (Å²) in [7, 11) is -4.77. The van der Waals surface area contributed by atoms with Crippen LogP contribution in [-0.2, 0) is 15.0 Å². The van der Waals surface area contributed by atoms with Crippen molar-refractivity contribution < 1.29 is 17.1 Å². The molecule has 1 saturated heterocycles. The van der Waals surface area contributed by atoms with Crippen LogP contribution in [0.3, 0.4) is 0 Å². The third-order valence-corrected chi connectivity index (χ3v) is 4.05. The van der Waals surface area contributed by atoms with E-state index in [-0.39, 0.29) is 22.7 Å². The van der Waals surface area contributed by atoms with Crippen molar-refractivity contribution in [1.29, 1.82) is 0 Å². The van der Waals surface area contributed by atoms with E-state index in [0.717, 1.165) is 4.90 Å². The zero-order valence-corrected chi connectivity index (χ0v) is 11.0. The number of rotatable bonds is 2. The number of hydrogen-bond acceptors (Lipinski definition) is 5. The lowest BCUT2D eigenvalue weighted by Crippen LogP contribution is -2.27. The third-order valence-electron chi connectivity index (χ3n) is 2.47. The highest BCUT2D eigenvalue weighted by Gasteiger charge is 2.40. The monoisotopic (exact) mass is 313 g/mol. The summed E-state index contributed by atoms with van der Waals surface area (Å²) in [6.07, 6.45) is 0.751. The summed E-state index contributed by atoms with van der Waals surface area (Å²) in [5, 5.41) is -1.60. The molecule has 18 heavy (non-hydrogen) atoms. The van der Waals surface area contributed by atoms with Gasteiger partial charge in [0.05, 0.1) is 6.20 Å². The molecular weight excluding hydrogens is 308 g/mol. The first-order valence-corrected chi connectivity index (χ1v) is 6.91. The zero-order valence-electron chi connectivity index (χ0n) is 8.68. The molecule has 10 heteroatoms. The van der Waals surface area contributed by atoms with Gasteiger partial charge in [0.1, 0.15) is 10.9 Å². The molecule has 1 amide bonds. The van der Waals surface area contributed by atoms with Crippen molar-refractivity contribution in [2.45, 2.75) is 11.7 Å². The van der Waals surface area contributed by atoms with Crippen LogP contribution in [0.2, 0.25) is 10.4 Å². The van der Waals surface area contributed by atoms with E-state index in [2.05, 4.69) is 9.97 Å². The van der Waals surface area contributed by atoms with Gasteiger partial charge >= 0.3 is 10.2 Å². The summed E-state index contributed by atoms with van der Waals surface area (Å²) in [4.78, 5) is 19.9. The molecule has 0 aliphatic carbocycles. The smallest absolute Gasteiger partial charge is 0.307 e. The predicted octanol–water partition coefficient (Wildman–Crippen LogP) is 1.19. The van der Waals surface area contributed by atoms with E-state index in [1.165, 1.54) is 6.20 Å². The molecule has 2 rings (SSSR count). The fourth-order valence-corrected chi connectivity index (χ4v) is 2.69. The van der Waals surface area contributed by atoms with Gasteiger partial charge in [0.15, 0.2) is 5.15 Å². The number of amides is 1. The molecule has 1 aromatic heterocycles. The molecule has 0 aromatic carbocycles. The molecule has 1 unspecified atom stereocenters. The van der Waals surface area contributed by atoms with Crippen LogP contribution in [0.4, 0.5) is 9.57 Å². The van der Waals surface area contributed by atoms with Gasteiger partial charge < -0.3 is 4.90 Å². The van der Waals surface area contributed by atoms with Crippen molar-refractivity contribution in [2.24, 2.45) is 0 Å². The van der Waals surface area contributed by atoms with Crippen LogP contribution in [0.1, 0.15) is 6.42 Å². The van der Waals surface area contributed by atoms with Gasteiger partial charge in [0.25, 0.3) is 0 Å². The Balaban J connectivity index is 2.33. The van der Waals surface area contributed by atoms with Gasteiger partial charge in [-0.3, -0.25) is 4.79 Å². The molecule has 1 fully saturated rings. The molecule has 1 aliphatic rings. The first-order valence-electron chi connectivity index (χ1n) is 4.71. The Labute approximate surface area is 112 Å². The Morgan fingerprint density at radius 3 is 2.61 bits per heavy atom. The number of halogens is 3. The number of nitrogens with zero attached hydrogens (tertiary/aromatic N) is 3. The topological polar surface area (TPSA) is 80.2 Å². The van der Waals surface area contributed by atoms with Crippen molar-refractivity contribution in [3.05, 3.63) is 16.6 Å². The molecule has 0 bridgehead atoms. The summed E-state index contributed by atoms with van der Waals surface area (Å²) < 4.78 is 34.4. The highest BCUT2D eigenvalue weighted by Crippen LogP contribution is 2.30. The van der Waals surface area contributed by atoms with E-state index in [1.54, 1.807) is 0 Å². The Morgan fingerprint density at radius 2 is 2.11 bits per heavy atom. The number of carbonyl (C=O) groups excluding carboxylic acids is 1. The Morgan fingerprint density at radius 1 is 1.44 bits per heavy atom. The van der Waals surface area contributed by atoms with Crippen LogP contribution in [0.5, 0.6) is 0 Å². The molecule has 0 N–H and O–H groups in total. The number of anilines is 1. The van der Waals surface area contributed by atoms with Gasteiger partial charge in [-0.1, -0.05) is 11.6 Å². The van der Waals surface area contributed by atoms with Crippen LogP contribution >= 0.6 is 23.2 Å². The van der Waals surface area contributed by atoms with Crippen LogP contribution in [0, 0.1) is 0 Å². The van der Waals surface area contributed by atoms with Gasteiger partial charge in [-0.2, -0.15) is 8.42 Å². The van der Waals surface area contributed by atoms with Gasteiger partial charge in [0, 0.05) is 13.0 Å². The van der Waals surface area contributed by atoms with Crippen LogP contribution in [0.15, 0.2) is 6.20 Å². The maximum absolute atomic E-state index is 12.8. The van der Waals surface area contributed by atoms with E-state index < -0.39 is 27.8 Å². The SMILES string of the molecule is O=C1CC(S(=O)(=O)F)CN1c1cnc(Cl)nc1Cl. The maximum atomic E-state index is 12.8. The fraction of sp³-hybridized carbons (Fsp3) is 0.375. The lowest BCUT2D eigenvalue weighted by molar-refractivity contribution is -0.117. The van der Waals surface area contributed by atoms with Gasteiger partial charge in [-0.05, 0) is 11.6 Å². The largest absolute Gasteiger partial charge is 0.307 e. The second kappa shape index (κ2) is 4.60. The first kappa shape index (κ1) is 13.4. The maximum Gasteiger partial charge on any atom is 0.307 e. The summed E-state index contributed by atoms with van der Waals surface area (Å²) in [5.41, 5.74) is 0.109. The van der Waals surface area contributed by atoms with Crippen LogP contribution in [-0.4, -0.2) is 36.1 Å². The normalized spacial score (nSPS) is 20.5. The highest BCUT2D eigenvalue weighted by atomic mass is 35.5. The number of carbonyl (C=O) groups is 1. The van der Waals surface area contributed by atoms with Gasteiger partial charge in [-0.25, -0.2) is 9.97 Å². The summed E-state index contributed by atoms with van der Waals surface area (Å²) in [6.45, 7) is -0.317. The summed E-state index contributed by atoms with van der Waals surface area (Å²) in [6, 6.07) is 0. The first-order chi connectivity index (χ1) is 8.29. The Bertz CT molecular complexity index is 610. The lowest BCUT2D eigenvalue weighted by atomic mass is 10.4. The minimum Gasteiger partial charge on any atom is -0.307 e. The van der Waals surface area contributed by atoms with E-state index in [9.17, 15) is 17.1 Å². The van der Waals surface area contributed by atoms with Gasteiger partial charge in [-0.15, -0.1) is 3.89 Å². The number of hydrogen-bond donors (Lipinski definition) is 0. The second-order valence-electron chi connectivity index (χ2n) is 3.62. The molecule has 0 radical (unpaired) electrons. The third kappa shape index (κ3) is 2.55. The molecule has 0 spiro atoms. The zero-order chi connectivity index (χ0) is 13.5. The van der Waals surface area contributed by atoms with Crippen molar-refractivity contribution in [3.8, 4) is 0 Å². The average molecular weight is 314 g/mol. The molecule has 1 atom stereocenters. The van der Waals surface area contributed by atoms with Crippen molar-refractivity contribution >= 4 is 45.0 Å². The van der Waals surface area contributed by atoms with Crippen LogP contribution in [0.25, 0.3) is 0 Å². The van der Waals surface area contributed by atoms with E-state index in [0.29, 0.717) is 0 Å². The Kier molecular flexibility index (Phi) is 3.43. The standard InChI is InChI=1S/C8H6Cl2FN3O3S/c9-7-5(2-12-8(10)13-7)14-3-4(1-6(14)15)18(11,16)17/h2,4H,1,3H2.